The van der Waals surface area contributed by atoms with Crippen molar-refractivity contribution in [2.45, 2.75) is 45.7 Å². The quantitative estimate of drug-likeness (QED) is 0.386. The molecule has 6 nitrogen and oxygen atoms in total. The first-order chi connectivity index (χ1) is 15.4. The first-order valence-electron chi connectivity index (χ1n) is 10.7. The van der Waals surface area contributed by atoms with E-state index in [-0.39, 0.29) is 25.0 Å². The average Bonchev–Trinajstić information content (AvgIpc) is 2.78. The van der Waals surface area contributed by atoms with Gasteiger partial charge in [0, 0.05) is 18.1 Å². The molecule has 8 heteroatoms. The van der Waals surface area contributed by atoms with E-state index in [1.807, 2.05) is 31.2 Å². The molecule has 0 radical (unpaired) electrons. The van der Waals surface area contributed by atoms with Crippen LogP contribution >= 0.6 is 27.5 Å². The molecule has 0 aliphatic carbocycles. The van der Waals surface area contributed by atoms with Crippen LogP contribution in [-0.4, -0.2) is 43.0 Å². The van der Waals surface area contributed by atoms with E-state index in [0.717, 1.165) is 18.4 Å². The molecule has 1 N–H and O–H groups in total. The van der Waals surface area contributed by atoms with E-state index in [1.54, 1.807) is 30.2 Å². The Hall–Kier alpha value is -2.25. The summed E-state index contributed by atoms with van der Waals surface area (Å²) in [6.07, 6.45) is 2.35. The first kappa shape index (κ1) is 26.0. The van der Waals surface area contributed by atoms with Gasteiger partial charge in [-0.3, -0.25) is 9.59 Å². The monoisotopic (exact) mass is 524 g/mol. The lowest BCUT2D eigenvalue weighted by Crippen LogP contribution is -2.50. The summed E-state index contributed by atoms with van der Waals surface area (Å²) in [6, 6.07) is 11.9. The Balaban J connectivity index is 2.22. The van der Waals surface area contributed by atoms with Crippen LogP contribution in [0.3, 0.4) is 0 Å². The third-order valence-electron chi connectivity index (χ3n) is 4.95. The normalized spacial score (nSPS) is 11.5. The minimum Gasteiger partial charge on any atom is -0.497 e. The molecule has 0 saturated carbocycles. The smallest absolute Gasteiger partial charge is 0.261 e. The predicted molar refractivity (Wildman–Crippen MR) is 130 cm³/mol. The van der Waals surface area contributed by atoms with E-state index in [0.29, 0.717) is 34.0 Å². The van der Waals surface area contributed by atoms with E-state index in [1.165, 1.54) is 0 Å². The van der Waals surface area contributed by atoms with Gasteiger partial charge in [-0.2, -0.15) is 0 Å². The second-order valence-electron chi connectivity index (χ2n) is 7.31. The number of carbonyl (C=O) groups excluding carboxylic acids is 2. The summed E-state index contributed by atoms with van der Waals surface area (Å²) in [5.41, 5.74) is 0.866. The molecule has 0 spiro atoms. The zero-order valence-electron chi connectivity index (χ0n) is 18.7. The van der Waals surface area contributed by atoms with Crippen molar-refractivity contribution in [3.05, 3.63) is 57.5 Å². The zero-order chi connectivity index (χ0) is 23.5. The zero-order valence-corrected chi connectivity index (χ0v) is 21.0. The number of nitrogens with one attached hydrogen (secondary N) is 1. The molecule has 2 aromatic rings. The number of rotatable bonds is 12. The van der Waals surface area contributed by atoms with Crippen molar-refractivity contribution >= 4 is 39.3 Å². The lowest BCUT2D eigenvalue weighted by atomic mass is 10.1. The Labute approximate surface area is 203 Å². The summed E-state index contributed by atoms with van der Waals surface area (Å²) in [5, 5.41) is 3.51. The van der Waals surface area contributed by atoms with Crippen LogP contribution in [-0.2, 0) is 16.1 Å². The van der Waals surface area contributed by atoms with Crippen molar-refractivity contribution in [2.75, 3.05) is 20.3 Å². The number of amides is 2. The molecule has 0 heterocycles. The minimum absolute atomic E-state index is 0.162. The van der Waals surface area contributed by atoms with Gasteiger partial charge in [0.15, 0.2) is 6.61 Å². The maximum atomic E-state index is 13.2. The average molecular weight is 526 g/mol. The van der Waals surface area contributed by atoms with Crippen LogP contribution < -0.4 is 14.8 Å². The number of benzene rings is 2. The maximum Gasteiger partial charge on any atom is 0.261 e. The Morgan fingerprint density at radius 3 is 2.62 bits per heavy atom. The summed E-state index contributed by atoms with van der Waals surface area (Å²) in [7, 11) is 1.59. The van der Waals surface area contributed by atoms with Crippen molar-refractivity contribution in [3.63, 3.8) is 0 Å². The highest BCUT2D eigenvalue weighted by molar-refractivity contribution is 9.10. The van der Waals surface area contributed by atoms with Gasteiger partial charge in [0.1, 0.15) is 17.5 Å². The second kappa shape index (κ2) is 13.3. The van der Waals surface area contributed by atoms with Gasteiger partial charge in [0.2, 0.25) is 5.91 Å². The van der Waals surface area contributed by atoms with Gasteiger partial charge in [0.05, 0.1) is 11.6 Å². The maximum absolute atomic E-state index is 13.2. The largest absolute Gasteiger partial charge is 0.497 e. The van der Waals surface area contributed by atoms with Crippen LogP contribution in [0.4, 0.5) is 0 Å². The van der Waals surface area contributed by atoms with Crippen molar-refractivity contribution in [1.29, 1.82) is 0 Å². The fourth-order valence-corrected chi connectivity index (χ4v) is 4.01. The number of ether oxygens (including phenoxy) is 2. The van der Waals surface area contributed by atoms with E-state index >= 15 is 0 Å². The highest BCUT2D eigenvalue weighted by Crippen LogP contribution is 2.28. The van der Waals surface area contributed by atoms with Crippen molar-refractivity contribution in [2.24, 2.45) is 0 Å². The van der Waals surface area contributed by atoms with Crippen LogP contribution in [0.2, 0.25) is 5.02 Å². The summed E-state index contributed by atoms with van der Waals surface area (Å²) < 4.78 is 11.7. The third-order valence-corrected chi connectivity index (χ3v) is 5.80. The van der Waals surface area contributed by atoms with Gasteiger partial charge < -0.3 is 19.7 Å². The molecular formula is C24H30BrClN2O4. The molecular weight excluding hydrogens is 496 g/mol. The molecule has 0 fully saturated rings. The number of nitrogens with zero attached hydrogens (tertiary/aromatic N) is 1. The summed E-state index contributed by atoms with van der Waals surface area (Å²) in [6.45, 7) is 4.60. The number of unbranched alkanes of at least 4 members (excludes halogenated alkanes) is 1. The number of hydrogen-bond acceptors (Lipinski definition) is 4. The molecule has 32 heavy (non-hydrogen) atoms. The molecule has 0 aromatic heterocycles. The standard InChI is InChI=1S/C24H30BrClN2O4/c1-4-6-12-27-24(30)21(5-2)28(15-17-8-7-9-19(13-17)31-3)23(29)16-32-22-11-10-18(26)14-20(22)25/h7-11,13-14,21H,4-6,12,15-16H2,1-3H3,(H,27,30)/t21-/m0/s1. The molecule has 0 aliphatic rings. The molecule has 174 valence electrons. The Bertz CT molecular complexity index is 909. The molecule has 2 rings (SSSR count). The number of hydrogen-bond donors (Lipinski definition) is 1. The molecule has 0 bridgehead atoms. The van der Waals surface area contributed by atoms with Gasteiger partial charge in [0.25, 0.3) is 5.91 Å². The number of methoxy groups -OCH3 is 1. The van der Waals surface area contributed by atoms with E-state index in [9.17, 15) is 9.59 Å². The van der Waals surface area contributed by atoms with Gasteiger partial charge in [-0.25, -0.2) is 0 Å². The number of carbonyl (C=O) groups is 2. The molecule has 0 saturated heterocycles. The lowest BCUT2D eigenvalue weighted by Gasteiger charge is -2.30. The minimum atomic E-state index is -0.609. The van der Waals surface area contributed by atoms with Gasteiger partial charge >= 0.3 is 0 Å². The second-order valence-corrected chi connectivity index (χ2v) is 8.60. The molecule has 2 amide bonds. The van der Waals surface area contributed by atoms with Crippen LogP contribution in [0, 0.1) is 0 Å². The predicted octanol–water partition coefficient (Wildman–Crippen LogP) is 5.21. The van der Waals surface area contributed by atoms with E-state index in [2.05, 4.69) is 28.2 Å². The molecule has 0 aliphatic heterocycles. The highest BCUT2D eigenvalue weighted by Gasteiger charge is 2.29. The third kappa shape index (κ3) is 7.71. The van der Waals surface area contributed by atoms with Crippen molar-refractivity contribution < 1.29 is 19.1 Å². The van der Waals surface area contributed by atoms with Gasteiger partial charge in [-0.15, -0.1) is 0 Å². The fourth-order valence-electron chi connectivity index (χ4n) is 3.21. The van der Waals surface area contributed by atoms with Crippen LogP contribution in [0.5, 0.6) is 11.5 Å². The van der Waals surface area contributed by atoms with Gasteiger partial charge in [-0.1, -0.05) is 44.0 Å². The SMILES string of the molecule is CCCCNC(=O)[C@H](CC)N(Cc1cccc(OC)c1)C(=O)COc1ccc(Cl)cc1Br. The van der Waals surface area contributed by atoms with Crippen molar-refractivity contribution in [1.82, 2.24) is 10.2 Å². The molecule has 1 atom stereocenters. The molecule has 0 unspecified atom stereocenters. The first-order valence-corrected chi connectivity index (χ1v) is 11.8. The summed E-state index contributed by atoms with van der Waals surface area (Å²) in [5.74, 6) is 0.748. The van der Waals surface area contributed by atoms with Crippen LogP contribution in [0.1, 0.15) is 38.7 Å². The van der Waals surface area contributed by atoms with Crippen LogP contribution in [0.15, 0.2) is 46.9 Å². The van der Waals surface area contributed by atoms with Crippen LogP contribution in [0.25, 0.3) is 0 Å². The number of halogens is 2. The summed E-state index contributed by atoms with van der Waals surface area (Å²) >= 11 is 9.37. The topological polar surface area (TPSA) is 67.9 Å². The Kier molecular flexibility index (Phi) is 10.8. The highest BCUT2D eigenvalue weighted by atomic mass is 79.9. The Morgan fingerprint density at radius 2 is 1.97 bits per heavy atom. The Morgan fingerprint density at radius 1 is 1.19 bits per heavy atom. The fraction of sp³-hybridized carbons (Fsp3) is 0.417. The summed E-state index contributed by atoms with van der Waals surface area (Å²) in [4.78, 5) is 27.7. The van der Waals surface area contributed by atoms with E-state index in [4.69, 9.17) is 21.1 Å². The van der Waals surface area contributed by atoms with Crippen molar-refractivity contribution in [3.8, 4) is 11.5 Å². The van der Waals surface area contributed by atoms with E-state index < -0.39 is 6.04 Å². The molecule has 2 aromatic carbocycles. The van der Waals surface area contributed by atoms with Gasteiger partial charge in [-0.05, 0) is 64.7 Å². The lowest BCUT2D eigenvalue weighted by molar-refractivity contribution is -0.143.